The van der Waals surface area contributed by atoms with E-state index in [2.05, 4.69) is 38.7 Å². The predicted octanol–water partition coefficient (Wildman–Crippen LogP) is 2.89. The molecule has 174 valence electrons. The molecule has 2 N–H and O–H groups in total. The fraction of sp³-hybridized carbons (Fsp3) is 0.440. The van der Waals surface area contributed by atoms with Gasteiger partial charge in [0.15, 0.2) is 5.82 Å². The van der Waals surface area contributed by atoms with Gasteiger partial charge in [-0.1, -0.05) is 0 Å². The summed E-state index contributed by atoms with van der Waals surface area (Å²) in [7, 11) is 2.19. The number of nitrogens with zero attached hydrogens (tertiary/aromatic N) is 5. The number of anilines is 2. The van der Waals surface area contributed by atoms with Gasteiger partial charge in [-0.2, -0.15) is 10.4 Å². The SMILES string of the molecule is CN1[C@@H]2COC[C@H]1CC(Nc1cnc(C#N)cc1-c1ccn3nc(NC(=O)C4CC4)cc3c1)C2. The van der Waals surface area contributed by atoms with E-state index in [-0.39, 0.29) is 11.8 Å². The van der Waals surface area contributed by atoms with Crippen LogP contribution in [0.25, 0.3) is 16.6 Å². The van der Waals surface area contributed by atoms with Crippen molar-refractivity contribution in [3.8, 4) is 17.2 Å². The van der Waals surface area contributed by atoms with Crippen molar-refractivity contribution in [2.24, 2.45) is 5.92 Å². The third-order valence-electron chi connectivity index (χ3n) is 7.24. The van der Waals surface area contributed by atoms with Crippen molar-refractivity contribution in [1.82, 2.24) is 19.5 Å². The summed E-state index contributed by atoms with van der Waals surface area (Å²) in [4.78, 5) is 18.9. The third-order valence-corrected chi connectivity index (χ3v) is 7.24. The van der Waals surface area contributed by atoms with Crippen LogP contribution < -0.4 is 10.6 Å². The van der Waals surface area contributed by atoms with E-state index in [4.69, 9.17) is 4.74 Å². The maximum atomic E-state index is 12.1. The Morgan fingerprint density at radius 3 is 2.74 bits per heavy atom. The number of amides is 1. The van der Waals surface area contributed by atoms with E-state index in [0.717, 1.165) is 61.2 Å². The van der Waals surface area contributed by atoms with Crippen LogP contribution in [0.2, 0.25) is 0 Å². The van der Waals surface area contributed by atoms with E-state index in [1.54, 1.807) is 10.7 Å². The zero-order chi connectivity index (χ0) is 23.2. The molecule has 1 unspecified atom stereocenters. The number of aromatic nitrogens is 3. The second-order valence-corrected chi connectivity index (χ2v) is 9.63. The van der Waals surface area contributed by atoms with E-state index in [1.165, 1.54) is 0 Å². The van der Waals surface area contributed by atoms with Crippen LogP contribution in [0.5, 0.6) is 0 Å². The van der Waals surface area contributed by atoms with Crippen molar-refractivity contribution in [3.05, 3.63) is 42.4 Å². The highest BCUT2D eigenvalue weighted by Crippen LogP contribution is 2.34. The number of nitriles is 1. The normalized spacial score (nSPS) is 24.5. The van der Waals surface area contributed by atoms with Crippen LogP contribution in [0.3, 0.4) is 0 Å². The minimum absolute atomic E-state index is 0.0382. The Balaban J connectivity index is 1.29. The molecule has 9 nitrogen and oxygen atoms in total. The number of hydrogen-bond donors (Lipinski definition) is 2. The fourth-order valence-corrected chi connectivity index (χ4v) is 5.10. The Hall–Kier alpha value is -3.48. The summed E-state index contributed by atoms with van der Waals surface area (Å²) in [6, 6.07) is 11.0. The van der Waals surface area contributed by atoms with Gasteiger partial charge in [0.05, 0.1) is 30.6 Å². The molecule has 3 aromatic rings. The van der Waals surface area contributed by atoms with Crippen LogP contribution in [0.4, 0.5) is 11.5 Å². The molecule has 1 saturated carbocycles. The Morgan fingerprint density at radius 2 is 2.00 bits per heavy atom. The highest BCUT2D eigenvalue weighted by atomic mass is 16.5. The number of nitrogens with one attached hydrogen (secondary N) is 2. The molecule has 5 heterocycles. The molecule has 3 fully saturated rings. The summed E-state index contributed by atoms with van der Waals surface area (Å²) in [5.41, 5.74) is 4.05. The first-order valence-corrected chi connectivity index (χ1v) is 11.8. The summed E-state index contributed by atoms with van der Waals surface area (Å²) < 4.78 is 7.51. The van der Waals surface area contributed by atoms with E-state index in [0.29, 0.717) is 29.6 Å². The number of ether oxygens (including phenoxy) is 1. The van der Waals surface area contributed by atoms with Gasteiger partial charge in [-0.3, -0.25) is 9.69 Å². The topological polar surface area (TPSA) is 108 Å². The summed E-state index contributed by atoms with van der Waals surface area (Å²) in [5.74, 6) is 0.719. The van der Waals surface area contributed by atoms with Gasteiger partial charge in [0.25, 0.3) is 0 Å². The molecule has 2 saturated heterocycles. The van der Waals surface area contributed by atoms with Crippen molar-refractivity contribution in [2.45, 2.75) is 43.8 Å². The number of piperidine rings is 1. The first kappa shape index (κ1) is 21.1. The number of rotatable bonds is 5. The van der Waals surface area contributed by atoms with Crippen molar-refractivity contribution in [1.29, 1.82) is 5.26 Å². The maximum Gasteiger partial charge on any atom is 0.228 e. The zero-order valence-electron chi connectivity index (χ0n) is 19.1. The summed E-state index contributed by atoms with van der Waals surface area (Å²) >= 11 is 0. The Labute approximate surface area is 197 Å². The van der Waals surface area contributed by atoms with Gasteiger partial charge in [-0.15, -0.1) is 0 Å². The molecule has 2 aliphatic heterocycles. The third kappa shape index (κ3) is 4.00. The van der Waals surface area contributed by atoms with Crippen LogP contribution in [0, 0.1) is 17.2 Å². The molecular formula is C25H27N7O2. The molecule has 1 aliphatic carbocycles. The lowest BCUT2D eigenvalue weighted by atomic mass is 9.90. The molecule has 0 aromatic carbocycles. The summed E-state index contributed by atoms with van der Waals surface area (Å²) in [6.07, 6.45) is 7.55. The average molecular weight is 458 g/mol. The van der Waals surface area contributed by atoms with E-state index < -0.39 is 0 Å². The minimum atomic E-state index is 0.0382. The lowest BCUT2D eigenvalue weighted by Gasteiger charge is -2.47. The number of fused-ring (bicyclic) bond motifs is 3. The zero-order valence-corrected chi connectivity index (χ0v) is 19.1. The lowest BCUT2D eigenvalue weighted by molar-refractivity contribution is -0.117. The van der Waals surface area contributed by atoms with Gasteiger partial charge in [0.1, 0.15) is 11.8 Å². The Morgan fingerprint density at radius 1 is 1.21 bits per heavy atom. The Kier molecular flexibility index (Phi) is 5.20. The first-order chi connectivity index (χ1) is 16.6. The van der Waals surface area contributed by atoms with Gasteiger partial charge in [0, 0.05) is 41.9 Å². The van der Waals surface area contributed by atoms with Crippen LogP contribution in [0.15, 0.2) is 36.7 Å². The van der Waals surface area contributed by atoms with Crippen molar-refractivity contribution < 1.29 is 9.53 Å². The molecule has 9 heteroatoms. The van der Waals surface area contributed by atoms with Gasteiger partial charge in [0.2, 0.25) is 5.91 Å². The van der Waals surface area contributed by atoms with Crippen molar-refractivity contribution in [2.75, 3.05) is 30.9 Å². The number of carbonyl (C=O) groups excluding carboxylic acids is 1. The lowest BCUT2D eigenvalue weighted by Crippen LogP contribution is -2.57. The molecule has 3 aliphatic rings. The molecule has 34 heavy (non-hydrogen) atoms. The number of carbonyl (C=O) groups is 1. The second-order valence-electron chi connectivity index (χ2n) is 9.63. The molecule has 3 aromatic heterocycles. The van der Waals surface area contributed by atoms with Gasteiger partial charge < -0.3 is 15.4 Å². The predicted molar refractivity (Wildman–Crippen MR) is 127 cm³/mol. The molecule has 2 bridgehead atoms. The number of pyridine rings is 2. The molecule has 0 spiro atoms. The van der Waals surface area contributed by atoms with Gasteiger partial charge >= 0.3 is 0 Å². The molecule has 6 rings (SSSR count). The van der Waals surface area contributed by atoms with E-state index >= 15 is 0 Å². The quantitative estimate of drug-likeness (QED) is 0.607. The van der Waals surface area contributed by atoms with Crippen LogP contribution in [-0.2, 0) is 9.53 Å². The molecular weight excluding hydrogens is 430 g/mol. The highest BCUT2D eigenvalue weighted by molar-refractivity contribution is 5.94. The summed E-state index contributed by atoms with van der Waals surface area (Å²) in [5, 5.41) is 20.6. The average Bonchev–Trinajstić information content (AvgIpc) is 3.60. The fourth-order valence-electron chi connectivity index (χ4n) is 5.10. The monoisotopic (exact) mass is 457 g/mol. The molecule has 0 radical (unpaired) electrons. The second kappa shape index (κ2) is 8.38. The van der Waals surface area contributed by atoms with Crippen LogP contribution in [-0.4, -0.2) is 63.8 Å². The first-order valence-electron chi connectivity index (χ1n) is 11.8. The highest BCUT2D eigenvalue weighted by Gasteiger charge is 2.37. The number of morpholine rings is 1. The number of hydrogen-bond acceptors (Lipinski definition) is 7. The van der Waals surface area contributed by atoms with E-state index in [9.17, 15) is 10.1 Å². The molecule has 1 amide bonds. The number of likely N-dealkylation sites (N-methyl/N-ethyl adjacent to an activating group) is 1. The van der Waals surface area contributed by atoms with Crippen molar-refractivity contribution >= 4 is 22.9 Å². The largest absolute Gasteiger partial charge is 0.380 e. The minimum Gasteiger partial charge on any atom is -0.380 e. The molecule has 3 atom stereocenters. The Bertz CT molecular complexity index is 1280. The van der Waals surface area contributed by atoms with Gasteiger partial charge in [-0.05, 0) is 56.5 Å². The van der Waals surface area contributed by atoms with E-state index in [1.807, 2.05) is 30.5 Å². The van der Waals surface area contributed by atoms with Crippen molar-refractivity contribution in [3.63, 3.8) is 0 Å². The standard InChI is InChI=1S/C25H27N7O2/c1-31-20-7-17(8-21(31)14-34-13-20)28-23-12-27-18(11-26)9-22(23)16-4-5-32-19(6-16)10-24(30-32)29-25(33)15-2-3-15/h4-6,9-10,12,15,17,20-21,28H,2-3,7-8,13-14H2,1H3,(H,29,30,33)/t17?,20-,21+. The maximum absolute atomic E-state index is 12.1. The van der Waals surface area contributed by atoms with Crippen LogP contribution >= 0.6 is 0 Å². The summed E-state index contributed by atoms with van der Waals surface area (Å²) in [6.45, 7) is 1.53. The van der Waals surface area contributed by atoms with Gasteiger partial charge in [-0.25, -0.2) is 9.50 Å². The van der Waals surface area contributed by atoms with Crippen LogP contribution in [0.1, 0.15) is 31.4 Å². The smallest absolute Gasteiger partial charge is 0.228 e.